The van der Waals surface area contributed by atoms with Gasteiger partial charge in [-0.1, -0.05) is 70.5 Å². The maximum Gasteiger partial charge on any atom is 0.223 e. The number of benzene rings is 2. The number of carbonyl (C=O) groups is 1. The van der Waals surface area contributed by atoms with Crippen molar-refractivity contribution in [3.8, 4) is 0 Å². The Labute approximate surface area is 238 Å². The van der Waals surface area contributed by atoms with Crippen molar-refractivity contribution in [2.45, 2.75) is 71.1 Å². The summed E-state index contributed by atoms with van der Waals surface area (Å²) >= 11 is 0. The largest absolute Gasteiger partial charge is 0.384 e. The molecule has 0 aliphatic heterocycles. The maximum atomic E-state index is 12.2. The van der Waals surface area contributed by atoms with E-state index in [-0.39, 0.29) is 35.0 Å². The number of primary amides is 1. The van der Waals surface area contributed by atoms with Crippen LogP contribution in [0.25, 0.3) is 0 Å². The molecule has 1 aromatic heterocycles. The first kappa shape index (κ1) is 30.1. The van der Waals surface area contributed by atoms with Crippen molar-refractivity contribution < 1.29 is 4.79 Å². The van der Waals surface area contributed by atoms with Crippen LogP contribution in [0.15, 0.2) is 70.9 Å². The number of aromatic nitrogens is 1. The number of amides is 1. The maximum absolute atomic E-state index is 12.2. The minimum atomic E-state index is -0.346. The number of anilines is 2. The number of nitrogen functional groups attached to an aromatic ring is 2. The number of hydrogen-bond donors (Lipinski definition) is 3. The lowest BCUT2D eigenvalue weighted by molar-refractivity contribution is -0.135. The lowest BCUT2D eigenvalue weighted by Gasteiger charge is -2.54. The number of halogens is 1. The highest BCUT2D eigenvalue weighted by molar-refractivity contribution is 5.85. The van der Waals surface area contributed by atoms with Crippen LogP contribution < -0.4 is 17.2 Å². The van der Waals surface area contributed by atoms with Gasteiger partial charge in [0.1, 0.15) is 11.5 Å². The molecule has 1 saturated carbocycles. The van der Waals surface area contributed by atoms with Gasteiger partial charge < -0.3 is 17.2 Å². The standard InChI is InChI=1S/C20H29NO.C11H11N5.ClH/c1-13(2)14-6-8-16-15(12-14)7-9-17-19(16,3)10-5-11-20(17,4)18(21)22;12-10-7-6-9(11(13)14-10)16-15-8-4-2-1-3-5-8;/h6,8,12-13,17H,5,7,9-11H2,1-4H3,(H2,21,22);1-7H,(H4,12,13,14);1H. The lowest BCUT2D eigenvalue weighted by atomic mass is 9.49. The van der Waals surface area contributed by atoms with E-state index >= 15 is 0 Å². The normalized spacial score (nSPS) is 23.7. The first-order valence-corrected chi connectivity index (χ1v) is 13.5. The van der Waals surface area contributed by atoms with Crippen molar-refractivity contribution in [1.82, 2.24) is 4.98 Å². The molecule has 1 heterocycles. The van der Waals surface area contributed by atoms with Crippen LogP contribution in [0.3, 0.4) is 0 Å². The van der Waals surface area contributed by atoms with E-state index in [1.165, 1.54) is 23.1 Å². The number of fused-ring (bicyclic) bond motifs is 3. The third-order valence-corrected chi connectivity index (χ3v) is 8.56. The Kier molecular flexibility index (Phi) is 9.38. The molecule has 0 radical (unpaired) electrons. The Hall–Kier alpha value is -3.45. The van der Waals surface area contributed by atoms with Crippen LogP contribution in [0.5, 0.6) is 0 Å². The summed E-state index contributed by atoms with van der Waals surface area (Å²) in [4.78, 5) is 16.0. The third-order valence-electron chi connectivity index (χ3n) is 8.56. The Morgan fingerprint density at radius 2 is 1.72 bits per heavy atom. The van der Waals surface area contributed by atoms with Crippen molar-refractivity contribution >= 4 is 41.3 Å². The molecule has 3 aromatic rings. The molecule has 3 atom stereocenters. The number of aryl methyl sites for hydroxylation is 1. The van der Waals surface area contributed by atoms with Crippen LogP contribution in [-0.2, 0) is 16.6 Å². The first-order valence-electron chi connectivity index (χ1n) is 13.5. The highest BCUT2D eigenvalue weighted by Gasteiger charge is 2.54. The highest BCUT2D eigenvalue weighted by Crippen LogP contribution is 2.57. The molecule has 3 unspecified atom stereocenters. The molecule has 0 bridgehead atoms. The van der Waals surface area contributed by atoms with Crippen LogP contribution in [0.1, 0.15) is 76.0 Å². The summed E-state index contributed by atoms with van der Waals surface area (Å²) in [7, 11) is 0. The fourth-order valence-electron chi connectivity index (χ4n) is 6.34. The van der Waals surface area contributed by atoms with Gasteiger partial charge in [0, 0.05) is 5.41 Å². The first-order chi connectivity index (χ1) is 18.0. The van der Waals surface area contributed by atoms with Gasteiger partial charge in [-0.2, -0.15) is 5.11 Å². The minimum Gasteiger partial charge on any atom is -0.384 e. The third kappa shape index (κ3) is 6.25. The fraction of sp³-hybridized carbons (Fsp3) is 0.419. The summed E-state index contributed by atoms with van der Waals surface area (Å²) in [5.41, 5.74) is 22.4. The van der Waals surface area contributed by atoms with Gasteiger partial charge in [0.2, 0.25) is 5.91 Å². The van der Waals surface area contributed by atoms with Gasteiger partial charge in [-0.15, -0.1) is 17.5 Å². The number of nitrogens with two attached hydrogens (primary N) is 3. The molecule has 0 saturated heterocycles. The fourth-order valence-corrected chi connectivity index (χ4v) is 6.34. The molecule has 208 valence electrons. The smallest absolute Gasteiger partial charge is 0.223 e. The molecule has 2 aliphatic rings. The number of nitrogens with zero attached hydrogens (tertiary/aromatic N) is 3. The van der Waals surface area contributed by atoms with E-state index in [0.29, 0.717) is 23.3 Å². The van der Waals surface area contributed by atoms with E-state index < -0.39 is 0 Å². The van der Waals surface area contributed by atoms with Crippen LogP contribution in [0.4, 0.5) is 23.0 Å². The van der Waals surface area contributed by atoms with Crippen molar-refractivity contribution in [3.05, 3.63) is 77.4 Å². The van der Waals surface area contributed by atoms with Gasteiger partial charge in [0.25, 0.3) is 0 Å². The minimum absolute atomic E-state index is 0. The van der Waals surface area contributed by atoms with Gasteiger partial charge in [0.15, 0.2) is 5.82 Å². The zero-order chi connectivity index (χ0) is 27.5. The summed E-state index contributed by atoms with van der Waals surface area (Å²) < 4.78 is 0. The molecule has 1 amide bonds. The Morgan fingerprint density at radius 1 is 1.00 bits per heavy atom. The second-order valence-electron chi connectivity index (χ2n) is 11.4. The molecule has 8 heteroatoms. The summed E-state index contributed by atoms with van der Waals surface area (Å²) in [5.74, 6) is 1.49. The topological polar surface area (TPSA) is 133 Å². The molecular weight excluding hydrogens is 508 g/mol. The molecule has 0 spiro atoms. The van der Waals surface area contributed by atoms with Crippen molar-refractivity contribution in [2.24, 2.45) is 27.3 Å². The summed E-state index contributed by atoms with van der Waals surface area (Å²) in [5, 5.41) is 8.03. The number of rotatable bonds is 4. The molecule has 6 N–H and O–H groups in total. The van der Waals surface area contributed by atoms with Gasteiger partial charge in [-0.05, 0) is 83.9 Å². The summed E-state index contributed by atoms with van der Waals surface area (Å²) in [6, 6.07) is 19.7. The molecule has 2 aromatic carbocycles. The van der Waals surface area contributed by atoms with E-state index in [1.54, 1.807) is 12.1 Å². The van der Waals surface area contributed by atoms with E-state index in [0.717, 1.165) is 31.4 Å². The lowest BCUT2D eigenvalue weighted by Crippen LogP contribution is -2.54. The second kappa shape index (κ2) is 12.2. The number of azo groups is 1. The molecule has 1 fully saturated rings. The predicted octanol–water partition coefficient (Wildman–Crippen LogP) is 7.39. The van der Waals surface area contributed by atoms with E-state index in [4.69, 9.17) is 17.2 Å². The van der Waals surface area contributed by atoms with Crippen molar-refractivity contribution in [2.75, 3.05) is 11.5 Å². The zero-order valence-corrected chi connectivity index (χ0v) is 24.2. The monoisotopic (exact) mass is 548 g/mol. The molecule has 7 nitrogen and oxygen atoms in total. The molecule has 39 heavy (non-hydrogen) atoms. The van der Waals surface area contributed by atoms with Crippen LogP contribution in [0.2, 0.25) is 0 Å². The van der Waals surface area contributed by atoms with Gasteiger partial charge >= 0.3 is 0 Å². The Balaban J connectivity index is 0.000000220. The summed E-state index contributed by atoms with van der Waals surface area (Å²) in [6.45, 7) is 8.97. The average molecular weight is 549 g/mol. The quantitative estimate of drug-likeness (QED) is 0.293. The van der Waals surface area contributed by atoms with E-state index in [2.05, 4.69) is 61.1 Å². The molecule has 5 rings (SSSR count). The van der Waals surface area contributed by atoms with E-state index in [1.807, 2.05) is 30.3 Å². The van der Waals surface area contributed by atoms with Crippen LogP contribution in [-0.4, -0.2) is 10.9 Å². The molecular formula is C31H41ClN6O. The van der Waals surface area contributed by atoms with Gasteiger partial charge in [0.05, 0.1) is 5.69 Å². The van der Waals surface area contributed by atoms with Crippen molar-refractivity contribution in [1.29, 1.82) is 0 Å². The molecule has 2 aliphatic carbocycles. The highest BCUT2D eigenvalue weighted by atomic mass is 35.5. The summed E-state index contributed by atoms with van der Waals surface area (Å²) in [6.07, 6.45) is 5.39. The van der Waals surface area contributed by atoms with Crippen LogP contribution >= 0.6 is 12.4 Å². The second-order valence-corrected chi connectivity index (χ2v) is 11.4. The number of pyridine rings is 1. The number of carbonyl (C=O) groups excluding carboxylic acids is 1. The zero-order valence-electron chi connectivity index (χ0n) is 23.4. The van der Waals surface area contributed by atoms with Gasteiger partial charge in [-0.3, -0.25) is 4.79 Å². The Morgan fingerprint density at radius 3 is 2.36 bits per heavy atom. The van der Waals surface area contributed by atoms with Gasteiger partial charge in [-0.25, -0.2) is 4.98 Å². The van der Waals surface area contributed by atoms with Crippen LogP contribution in [0, 0.1) is 11.3 Å². The van der Waals surface area contributed by atoms with E-state index in [9.17, 15) is 4.79 Å². The van der Waals surface area contributed by atoms with Crippen molar-refractivity contribution in [3.63, 3.8) is 0 Å². The Bertz CT molecular complexity index is 1330. The SMILES string of the molecule is CC(C)c1ccc2c(c1)CCC1C(C)(C(N)=O)CCCC21C.Cl.Nc1ccc(N=Nc2ccccc2)c(N)n1. The average Bonchev–Trinajstić information content (AvgIpc) is 2.88. The number of hydrogen-bond acceptors (Lipinski definition) is 6. The predicted molar refractivity (Wildman–Crippen MR) is 162 cm³/mol.